The molecule has 3 aliphatic carbocycles. The molecule has 2 bridgehead atoms. The third kappa shape index (κ3) is 3.19. The highest BCUT2D eigenvalue weighted by atomic mass is 16.7. The highest BCUT2D eigenvalue weighted by molar-refractivity contribution is 5.92. The van der Waals surface area contributed by atoms with Crippen LogP contribution in [0.2, 0.25) is 0 Å². The normalized spacial score (nSPS) is 39.7. The number of furan rings is 1. The number of aliphatic hydroxyl groups is 1. The van der Waals surface area contributed by atoms with E-state index < -0.39 is 22.9 Å². The minimum absolute atomic E-state index is 0.0341. The van der Waals surface area contributed by atoms with Crippen LogP contribution in [-0.4, -0.2) is 37.2 Å². The molecule has 35 heavy (non-hydrogen) atoms. The molecule has 0 spiro atoms. The van der Waals surface area contributed by atoms with Gasteiger partial charge in [0, 0.05) is 34.8 Å². The number of allylic oxidation sites excluding steroid dienone is 2. The van der Waals surface area contributed by atoms with Crippen LogP contribution in [0.4, 0.5) is 0 Å². The Hall–Kier alpha value is -2.54. The average molecular weight is 485 g/mol. The van der Waals surface area contributed by atoms with E-state index in [9.17, 15) is 14.7 Å². The number of rotatable bonds is 4. The molecule has 0 radical (unpaired) electrons. The van der Waals surface area contributed by atoms with E-state index in [1.807, 2.05) is 32.9 Å². The zero-order valence-electron chi connectivity index (χ0n) is 21.4. The summed E-state index contributed by atoms with van der Waals surface area (Å²) in [6.07, 6.45) is 6.39. The van der Waals surface area contributed by atoms with E-state index >= 15 is 0 Å². The van der Waals surface area contributed by atoms with Crippen molar-refractivity contribution < 1.29 is 33.3 Å². The monoisotopic (exact) mass is 484 g/mol. The Balaban J connectivity index is 1.70. The number of ketones is 1. The van der Waals surface area contributed by atoms with Gasteiger partial charge >= 0.3 is 5.97 Å². The predicted octanol–water partition coefficient (Wildman–Crippen LogP) is 4.73. The number of fused-ring (bicyclic) bond motifs is 5. The molecule has 5 rings (SSSR count). The van der Waals surface area contributed by atoms with Crippen LogP contribution < -0.4 is 0 Å². The van der Waals surface area contributed by atoms with E-state index in [4.69, 9.17) is 18.6 Å². The van der Waals surface area contributed by atoms with Crippen LogP contribution in [0, 0.1) is 34.0 Å². The van der Waals surface area contributed by atoms with Crippen molar-refractivity contribution >= 4 is 11.8 Å². The maximum atomic E-state index is 14.0. The lowest BCUT2D eigenvalue weighted by Gasteiger charge is -2.63. The van der Waals surface area contributed by atoms with E-state index in [0.717, 1.165) is 24.0 Å². The summed E-state index contributed by atoms with van der Waals surface area (Å²) in [6, 6.07) is 1.92. The minimum Gasteiger partial charge on any atom is -0.472 e. The van der Waals surface area contributed by atoms with Gasteiger partial charge in [0.05, 0.1) is 32.8 Å². The second kappa shape index (κ2) is 7.99. The van der Waals surface area contributed by atoms with Crippen molar-refractivity contribution in [3.05, 3.63) is 47.3 Å². The summed E-state index contributed by atoms with van der Waals surface area (Å²) >= 11 is 0. The van der Waals surface area contributed by atoms with E-state index in [0.29, 0.717) is 12.4 Å². The largest absolute Gasteiger partial charge is 0.472 e. The van der Waals surface area contributed by atoms with Gasteiger partial charge in [0.15, 0.2) is 0 Å². The molecule has 4 aliphatic rings. The van der Waals surface area contributed by atoms with E-state index in [2.05, 4.69) is 6.92 Å². The summed E-state index contributed by atoms with van der Waals surface area (Å²) in [7, 11) is 2.96. The lowest BCUT2D eigenvalue weighted by molar-refractivity contribution is -0.185. The van der Waals surface area contributed by atoms with Crippen molar-refractivity contribution in [2.45, 2.75) is 65.6 Å². The Bertz CT molecular complexity index is 1100. The lowest BCUT2D eigenvalue weighted by atomic mass is 9.41. The molecule has 2 saturated carbocycles. The van der Waals surface area contributed by atoms with E-state index in [1.54, 1.807) is 19.6 Å². The molecule has 0 saturated heterocycles. The number of Topliss-reactive ketones (excluding diaryl/α,β-unsaturated/α-hetero) is 1. The third-order valence-electron chi connectivity index (χ3n) is 9.85. The minimum atomic E-state index is -0.852. The summed E-state index contributed by atoms with van der Waals surface area (Å²) in [4.78, 5) is 26.5. The molecule has 1 aromatic heterocycles. The number of methoxy groups -OCH3 is 2. The van der Waals surface area contributed by atoms with Crippen molar-refractivity contribution in [2.24, 2.45) is 34.0 Å². The number of hydrogen-bond donors (Lipinski definition) is 1. The van der Waals surface area contributed by atoms with Crippen molar-refractivity contribution in [3.63, 3.8) is 0 Å². The molecule has 7 atom stereocenters. The first-order valence-corrected chi connectivity index (χ1v) is 12.5. The molecule has 1 aliphatic heterocycles. The molecule has 0 aromatic carbocycles. The predicted molar refractivity (Wildman–Crippen MR) is 127 cm³/mol. The highest BCUT2D eigenvalue weighted by Crippen LogP contribution is 2.67. The second-order valence-corrected chi connectivity index (χ2v) is 11.7. The van der Waals surface area contributed by atoms with Crippen molar-refractivity contribution in [1.82, 2.24) is 0 Å². The molecule has 2 fully saturated rings. The fourth-order valence-electron chi connectivity index (χ4n) is 7.91. The number of aliphatic hydroxyl groups excluding tert-OH is 1. The van der Waals surface area contributed by atoms with Gasteiger partial charge in [-0.1, -0.05) is 33.3 Å². The zero-order chi connectivity index (χ0) is 25.3. The van der Waals surface area contributed by atoms with Gasteiger partial charge in [0.1, 0.15) is 11.9 Å². The standard InChI is InChI=1S/C28H36O7/c1-26(2)20(13-21(29)32-5)28(4)18-7-9-27(3)19(16(18)11-17(23(26)30)24(28)31)12-22(33-6)35-25(27)15-8-10-34-14-15/h8,10,12,14,17-18,20,23,25,30H,7,9,11,13H2,1-6H3/t17?,18?,20-,23-,25-,27+,28+/m0/s1. The van der Waals surface area contributed by atoms with E-state index in [-0.39, 0.29) is 41.5 Å². The third-order valence-corrected chi connectivity index (χ3v) is 9.85. The van der Waals surface area contributed by atoms with Gasteiger partial charge in [0.2, 0.25) is 0 Å². The smallest absolute Gasteiger partial charge is 0.305 e. The number of esters is 1. The Morgan fingerprint density at radius 3 is 2.60 bits per heavy atom. The van der Waals surface area contributed by atoms with Gasteiger partial charge in [-0.05, 0) is 48.2 Å². The number of ether oxygens (including phenoxy) is 3. The number of carbonyl (C=O) groups excluding carboxylic acids is 2. The fourth-order valence-corrected chi connectivity index (χ4v) is 7.91. The van der Waals surface area contributed by atoms with Gasteiger partial charge < -0.3 is 23.7 Å². The first kappa shape index (κ1) is 24.2. The Morgan fingerprint density at radius 2 is 1.97 bits per heavy atom. The first-order chi connectivity index (χ1) is 16.5. The van der Waals surface area contributed by atoms with Crippen LogP contribution in [0.15, 0.2) is 46.2 Å². The maximum Gasteiger partial charge on any atom is 0.305 e. The Kier molecular flexibility index (Phi) is 5.51. The second-order valence-electron chi connectivity index (χ2n) is 11.7. The van der Waals surface area contributed by atoms with Crippen LogP contribution in [-0.2, 0) is 23.8 Å². The van der Waals surface area contributed by atoms with Gasteiger partial charge in [-0.3, -0.25) is 9.59 Å². The molecule has 7 nitrogen and oxygen atoms in total. The SMILES string of the molecule is COC(=O)C[C@H]1C(C)(C)[C@@H](O)C2CC3=C4C=C(OC)O[C@@H](c5ccoc5)[C@]4(C)CCC3[C@@]1(C)C2=O. The van der Waals surface area contributed by atoms with Crippen LogP contribution >= 0.6 is 0 Å². The molecule has 2 unspecified atom stereocenters. The Morgan fingerprint density at radius 1 is 1.23 bits per heavy atom. The van der Waals surface area contributed by atoms with Crippen LogP contribution in [0.1, 0.15) is 65.0 Å². The molecule has 1 aromatic rings. The zero-order valence-corrected chi connectivity index (χ0v) is 21.4. The lowest BCUT2D eigenvalue weighted by Crippen LogP contribution is -2.66. The van der Waals surface area contributed by atoms with Gasteiger partial charge in [0.25, 0.3) is 5.95 Å². The molecule has 2 heterocycles. The van der Waals surface area contributed by atoms with Crippen molar-refractivity contribution in [2.75, 3.05) is 14.2 Å². The molecular weight excluding hydrogens is 448 g/mol. The van der Waals surface area contributed by atoms with Gasteiger partial charge in [-0.2, -0.15) is 0 Å². The van der Waals surface area contributed by atoms with E-state index in [1.165, 1.54) is 12.7 Å². The number of hydrogen-bond acceptors (Lipinski definition) is 7. The van der Waals surface area contributed by atoms with Gasteiger partial charge in [-0.25, -0.2) is 0 Å². The van der Waals surface area contributed by atoms with Crippen molar-refractivity contribution in [1.29, 1.82) is 0 Å². The van der Waals surface area contributed by atoms with Crippen molar-refractivity contribution in [3.8, 4) is 0 Å². The van der Waals surface area contributed by atoms with Crippen LogP contribution in [0.5, 0.6) is 0 Å². The summed E-state index contributed by atoms with van der Waals surface area (Å²) < 4.78 is 22.3. The fraction of sp³-hybridized carbons (Fsp3) is 0.643. The summed E-state index contributed by atoms with van der Waals surface area (Å²) in [5, 5.41) is 11.5. The average Bonchev–Trinajstić information content (AvgIpc) is 3.36. The van der Waals surface area contributed by atoms with Crippen LogP contribution in [0.25, 0.3) is 0 Å². The van der Waals surface area contributed by atoms with Crippen LogP contribution in [0.3, 0.4) is 0 Å². The summed E-state index contributed by atoms with van der Waals surface area (Å²) in [5.74, 6) is -0.743. The number of carbonyl (C=O) groups is 2. The highest BCUT2D eigenvalue weighted by Gasteiger charge is 2.67. The quantitative estimate of drug-likeness (QED) is 0.618. The molecule has 7 heteroatoms. The summed E-state index contributed by atoms with van der Waals surface area (Å²) in [6.45, 7) is 8.19. The topological polar surface area (TPSA) is 95.2 Å². The maximum absolute atomic E-state index is 14.0. The Labute approximate surface area is 206 Å². The first-order valence-electron chi connectivity index (χ1n) is 12.5. The molecule has 1 N–H and O–H groups in total. The molecular formula is C28H36O7. The van der Waals surface area contributed by atoms with Gasteiger partial charge in [-0.15, -0.1) is 0 Å². The summed E-state index contributed by atoms with van der Waals surface area (Å²) in [5.41, 5.74) is 1.50. The molecule has 0 amide bonds. The molecule has 190 valence electrons.